The molecule has 4 aromatic rings. The third-order valence-electron chi connectivity index (χ3n) is 4.07. The minimum atomic E-state index is -0.0910. The molecule has 3 aromatic heterocycles. The highest BCUT2D eigenvalue weighted by Gasteiger charge is 2.22. The van der Waals surface area contributed by atoms with Crippen LogP contribution in [0, 0.1) is 6.92 Å². The number of aromatic nitrogens is 4. The van der Waals surface area contributed by atoms with Crippen LogP contribution in [0.25, 0.3) is 16.7 Å². The number of imidazole rings is 2. The fourth-order valence-electron chi connectivity index (χ4n) is 3.03. The van der Waals surface area contributed by atoms with Gasteiger partial charge in [-0.1, -0.05) is 25.1 Å². The highest BCUT2D eigenvalue weighted by atomic mass is 16.2. The summed E-state index contributed by atoms with van der Waals surface area (Å²) in [5.74, 6) is 0.593. The zero-order valence-electron chi connectivity index (χ0n) is 13.0. The Morgan fingerprint density at radius 1 is 1.09 bits per heavy atom. The van der Waals surface area contributed by atoms with Crippen LogP contribution in [0.2, 0.25) is 0 Å². The third-order valence-corrected chi connectivity index (χ3v) is 4.07. The van der Waals surface area contributed by atoms with Crippen molar-refractivity contribution in [3.63, 3.8) is 0 Å². The van der Waals surface area contributed by atoms with E-state index in [-0.39, 0.29) is 5.91 Å². The molecule has 0 aliphatic rings. The van der Waals surface area contributed by atoms with Crippen LogP contribution in [0.5, 0.6) is 0 Å². The lowest BCUT2D eigenvalue weighted by molar-refractivity contribution is 0.0955. The number of pyridine rings is 1. The maximum absolute atomic E-state index is 13.3. The Morgan fingerprint density at radius 2 is 1.87 bits per heavy atom. The van der Waals surface area contributed by atoms with Crippen molar-refractivity contribution in [2.24, 2.45) is 0 Å². The summed E-state index contributed by atoms with van der Waals surface area (Å²) in [6.07, 6.45) is 2.58. The van der Waals surface area contributed by atoms with Crippen molar-refractivity contribution < 1.29 is 4.79 Å². The van der Waals surface area contributed by atoms with Gasteiger partial charge in [-0.15, -0.1) is 0 Å². The number of rotatable bonds is 2. The Balaban J connectivity index is 2.00. The molecule has 0 saturated carbocycles. The van der Waals surface area contributed by atoms with Crippen LogP contribution in [-0.2, 0) is 6.42 Å². The topological polar surface area (TPSA) is 52.2 Å². The molecule has 3 heterocycles. The third kappa shape index (κ3) is 1.97. The van der Waals surface area contributed by atoms with Gasteiger partial charge in [-0.2, -0.15) is 0 Å². The van der Waals surface area contributed by atoms with Crippen LogP contribution in [0.1, 0.15) is 28.9 Å². The molecule has 0 saturated heterocycles. The van der Waals surface area contributed by atoms with Crippen LogP contribution in [0.4, 0.5) is 0 Å². The Labute approximate surface area is 133 Å². The van der Waals surface area contributed by atoms with Crippen molar-refractivity contribution in [2.75, 3.05) is 0 Å². The van der Waals surface area contributed by atoms with Crippen molar-refractivity contribution >= 4 is 22.6 Å². The summed E-state index contributed by atoms with van der Waals surface area (Å²) in [7, 11) is 0. The van der Waals surface area contributed by atoms with E-state index in [4.69, 9.17) is 0 Å². The normalized spacial score (nSPS) is 11.4. The van der Waals surface area contributed by atoms with Gasteiger partial charge in [0.15, 0.2) is 0 Å². The average Bonchev–Trinajstić information content (AvgIpc) is 3.10. The molecule has 0 radical (unpaired) electrons. The van der Waals surface area contributed by atoms with Crippen molar-refractivity contribution in [3.05, 3.63) is 65.9 Å². The summed E-state index contributed by atoms with van der Waals surface area (Å²) in [5, 5.41) is 0. The van der Waals surface area contributed by atoms with Gasteiger partial charge in [-0.05, 0) is 37.6 Å². The zero-order valence-corrected chi connectivity index (χ0v) is 13.0. The fourth-order valence-corrected chi connectivity index (χ4v) is 3.03. The maximum Gasteiger partial charge on any atom is 0.282 e. The Bertz CT molecular complexity index is 1040. The predicted octanol–water partition coefficient (Wildman–Crippen LogP) is 3.24. The van der Waals surface area contributed by atoms with Gasteiger partial charge in [0.05, 0.1) is 16.7 Å². The van der Waals surface area contributed by atoms with E-state index in [0.717, 1.165) is 22.4 Å². The Morgan fingerprint density at radius 3 is 2.70 bits per heavy atom. The number of para-hydroxylation sites is 2. The van der Waals surface area contributed by atoms with E-state index in [2.05, 4.69) is 9.97 Å². The molecule has 5 nitrogen and oxygen atoms in total. The number of carbonyl (C=O) groups is 1. The molecule has 0 aliphatic carbocycles. The van der Waals surface area contributed by atoms with Gasteiger partial charge in [0.25, 0.3) is 5.91 Å². The minimum Gasteiger partial charge on any atom is -0.295 e. The first-order chi connectivity index (χ1) is 11.2. The van der Waals surface area contributed by atoms with Crippen LogP contribution in [-0.4, -0.2) is 24.8 Å². The SMILES string of the molecule is CCc1nc2ccccn2c1C(=O)n1c(C)nc2ccccc21. The smallest absolute Gasteiger partial charge is 0.282 e. The quantitative estimate of drug-likeness (QED) is 0.571. The number of hydrogen-bond acceptors (Lipinski definition) is 3. The van der Waals surface area contributed by atoms with E-state index in [9.17, 15) is 4.79 Å². The number of hydrogen-bond donors (Lipinski definition) is 0. The lowest BCUT2D eigenvalue weighted by atomic mass is 10.2. The zero-order chi connectivity index (χ0) is 16.0. The lowest BCUT2D eigenvalue weighted by Gasteiger charge is -2.07. The van der Waals surface area contributed by atoms with Gasteiger partial charge < -0.3 is 0 Å². The van der Waals surface area contributed by atoms with Gasteiger partial charge in [-0.3, -0.25) is 13.8 Å². The van der Waals surface area contributed by atoms with Crippen LogP contribution in [0.15, 0.2) is 48.7 Å². The van der Waals surface area contributed by atoms with Gasteiger partial charge in [-0.25, -0.2) is 9.97 Å². The molecule has 0 N–H and O–H groups in total. The van der Waals surface area contributed by atoms with Crippen LogP contribution in [0.3, 0.4) is 0 Å². The summed E-state index contributed by atoms with van der Waals surface area (Å²) in [5.41, 5.74) is 3.84. The summed E-state index contributed by atoms with van der Waals surface area (Å²) in [6, 6.07) is 13.4. The summed E-state index contributed by atoms with van der Waals surface area (Å²) >= 11 is 0. The molecular weight excluding hydrogens is 288 g/mol. The number of fused-ring (bicyclic) bond motifs is 2. The Hall–Kier alpha value is -2.95. The van der Waals surface area contributed by atoms with E-state index in [0.29, 0.717) is 17.9 Å². The van der Waals surface area contributed by atoms with E-state index in [1.807, 2.05) is 66.9 Å². The first kappa shape index (κ1) is 13.7. The molecule has 0 aliphatic heterocycles. The highest BCUT2D eigenvalue weighted by Crippen LogP contribution is 2.20. The summed E-state index contributed by atoms with van der Waals surface area (Å²) in [6.45, 7) is 3.87. The predicted molar refractivity (Wildman–Crippen MR) is 88.8 cm³/mol. The summed E-state index contributed by atoms with van der Waals surface area (Å²) in [4.78, 5) is 22.3. The van der Waals surface area contributed by atoms with Crippen molar-refractivity contribution in [2.45, 2.75) is 20.3 Å². The highest BCUT2D eigenvalue weighted by molar-refractivity contribution is 6.02. The van der Waals surface area contributed by atoms with Crippen molar-refractivity contribution in [1.29, 1.82) is 0 Å². The van der Waals surface area contributed by atoms with Crippen molar-refractivity contribution in [1.82, 2.24) is 18.9 Å². The number of benzene rings is 1. The second-order valence-electron chi connectivity index (χ2n) is 5.48. The van der Waals surface area contributed by atoms with E-state index in [1.54, 1.807) is 4.57 Å². The first-order valence-electron chi connectivity index (χ1n) is 7.65. The van der Waals surface area contributed by atoms with Gasteiger partial charge in [0.1, 0.15) is 17.2 Å². The van der Waals surface area contributed by atoms with Crippen LogP contribution < -0.4 is 0 Å². The van der Waals surface area contributed by atoms with Gasteiger partial charge >= 0.3 is 0 Å². The number of carbonyl (C=O) groups excluding carboxylic acids is 1. The van der Waals surface area contributed by atoms with Gasteiger partial charge in [0, 0.05) is 6.20 Å². The molecule has 1 aromatic carbocycles. The first-order valence-corrected chi connectivity index (χ1v) is 7.65. The monoisotopic (exact) mass is 304 g/mol. The van der Waals surface area contributed by atoms with Crippen molar-refractivity contribution in [3.8, 4) is 0 Å². The lowest BCUT2D eigenvalue weighted by Crippen LogP contribution is -2.17. The molecule has 0 fully saturated rings. The molecular formula is C18H16N4O. The Kier molecular flexibility index (Phi) is 3.01. The molecule has 114 valence electrons. The standard InChI is InChI=1S/C18H16N4O/c1-3-13-17(21-11-7-6-10-16(21)20-13)18(23)22-12(2)19-14-8-4-5-9-15(14)22/h4-11H,3H2,1-2H3. The molecule has 4 rings (SSSR count). The van der Waals surface area contributed by atoms with E-state index < -0.39 is 0 Å². The average molecular weight is 304 g/mol. The second-order valence-corrected chi connectivity index (χ2v) is 5.48. The van der Waals surface area contributed by atoms with E-state index >= 15 is 0 Å². The largest absolute Gasteiger partial charge is 0.295 e. The molecule has 23 heavy (non-hydrogen) atoms. The molecule has 0 bridgehead atoms. The maximum atomic E-state index is 13.3. The molecule has 5 heteroatoms. The van der Waals surface area contributed by atoms with Gasteiger partial charge in [0.2, 0.25) is 0 Å². The minimum absolute atomic E-state index is 0.0910. The molecule has 0 unspecified atom stereocenters. The number of nitrogens with zero attached hydrogens (tertiary/aromatic N) is 4. The number of aryl methyl sites for hydroxylation is 2. The molecule has 0 spiro atoms. The molecule has 0 atom stereocenters. The summed E-state index contributed by atoms with van der Waals surface area (Å²) < 4.78 is 3.53. The fraction of sp³-hybridized carbons (Fsp3) is 0.167. The van der Waals surface area contributed by atoms with E-state index in [1.165, 1.54) is 0 Å². The van der Waals surface area contributed by atoms with Crippen LogP contribution >= 0.6 is 0 Å². The molecule has 0 amide bonds. The second kappa shape index (κ2) is 5.05.